The number of ether oxygens (including phenoxy) is 2. The van der Waals surface area contributed by atoms with Crippen molar-refractivity contribution < 1.29 is 14.3 Å². The van der Waals surface area contributed by atoms with Gasteiger partial charge in [-0.25, -0.2) is 0 Å². The van der Waals surface area contributed by atoms with E-state index in [-0.39, 0.29) is 12.0 Å². The molecule has 19 heavy (non-hydrogen) atoms. The first-order chi connectivity index (χ1) is 9.11. The molecule has 0 saturated carbocycles. The largest absolute Gasteiger partial charge is 0.468 e. The minimum atomic E-state index is -0.363. The molecule has 1 fully saturated rings. The highest BCUT2D eigenvalue weighted by atomic mass is 79.9. The van der Waals surface area contributed by atoms with Crippen LogP contribution in [0.1, 0.15) is 5.56 Å². The molecule has 0 amide bonds. The fourth-order valence-corrected chi connectivity index (χ4v) is 2.78. The molecule has 2 rings (SSSR count). The number of carbonyl (C=O) groups is 1. The van der Waals surface area contributed by atoms with Crippen LogP contribution in [-0.4, -0.2) is 43.8 Å². The second-order valence-corrected chi connectivity index (χ2v) is 5.64. The molecular weight excluding hydrogens is 334 g/mol. The van der Waals surface area contributed by atoms with E-state index in [1.54, 1.807) is 0 Å². The zero-order chi connectivity index (χ0) is 13.8. The Morgan fingerprint density at radius 1 is 1.63 bits per heavy atom. The van der Waals surface area contributed by atoms with Gasteiger partial charge in [0.15, 0.2) is 0 Å². The standard InChI is InChI=1S/C13H15BrClNO3/c1-18-13(17)12-8-19-5-4-16(12)7-9-2-3-10(14)6-11(9)15/h2-3,6,12H,4-5,7-8H2,1H3. The predicted octanol–water partition coefficient (Wildman–Crippen LogP) is 2.48. The SMILES string of the molecule is COC(=O)C1COCCN1Cc1ccc(Br)cc1Cl. The number of hydrogen-bond acceptors (Lipinski definition) is 4. The highest BCUT2D eigenvalue weighted by Gasteiger charge is 2.30. The van der Waals surface area contributed by atoms with Crippen LogP contribution in [0, 0.1) is 0 Å². The molecule has 1 aromatic rings. The molecule has 0 N–H and O–H groups in total. The van der Waals surface area contributed by atoms with Gasteiger partial charge in [-0.3, -0.25) is 9.69 Å². The van der Waals surface area contributed by atoms with E-state index in [1.165, 1.54) is 7.11 Å². The molecule has 104 valence electrons. The van der Waals surface area contributed by atoms with E-state index in [4.69, 9.17) is 21.1 Å². The average Bonchev–Trinajstić information content (AvgIpc) is 2.41. The molecule has 0 bridgehead atoms. The van der Waals surface area contributed by atoms with Gasteiger partial charge in [0.25, 0.3) is 0 Å². The Kier molecular flexibility index (Phi) is 5.21. The van der Waals surface area contributed by atoms with E-state index < -0.39 is 0 Å². The lowest BCUT2D eigenvalue weighted by Crippen LogP contribution is -2.49. The first kappa shape index (κ1) is 14.8. The topological polar surface area (TPSA) is 38.8 Å². The highest BCUT2D eigenvalue weighted by Crippen LogP contribution is 2.24. The second kappa shape index (κ2) is 6.70. The average molecular weight is 349 g/mol. The number of benzene rings is 1. The van der Waals surface area contributed by atoms with E-state index in [0.717, 1.165) is 10.0 Å². The Morgan fingerprint density at radius 2 is 2.42 bits per heavy atom. The third-order valence-corrected chi connectivity index (χ3v) is 3.95. The van der Waals surface area contributed by atoms with Crippen LogP contribution < -0.4 is 0 Å². The Hall–Kier alpha value is -0.620. The summed E-state index contributed by atoms with van der Waals surface area (Å²) in [6.07, 6.45) is 0. The molecule has 0 aromatic heterocycles. The molecule has 0 radical (unpaired) electrons. The lowest BCUT2D eigenvalue weighted by atomic mass is 10.1. The van der Waals surface area contributed by atoms with Crippen molar-refractivity contribution in [3.05, 3.63) is 33.3 Å². The van der Waals surface area contributed by atoms with Gasteiger partial charge in [-0.1, -0.05) is 33.6 Å². The second-order valence-electron chi connectivity index (χ2n) is 4.32. The predicted molar refractivity (Wildman–Crippen MR) is 76.2 cm³/mol. The Balaban J connectivity index is 2.13. The Bertz CT molecular complexity index is 469. The van der Waals surface area contributed by atoms with Crippen molar-refractivity contribution in [1.82, 2.24) is 4.90 Å². The molecular formula is C13H15BrClNO3. The van der Waals surface area contributed by atoms with Crippen LogP contribution in [0.5, 0.6) is 0 Å². The summed E-state index contributed by atoms with van der Waals surface area (Å²) < 4.78 is 11.1. The molecule has 0 aliphatic carbocycles. The fraction of sp³-hybridized carbons (Fsp3) is 0.462. The first-order valence-electron chi connectivity index (χ1n) is 5.95. The summed E-state index contributed by atoms with van der Waals surface area (Å²) in [4.78, 5) is 13.8. The van der Waals surface area contributed by atoms with E-state index in [2.05, 4.69) is 15.9 Å². The van der Waals surface area contributed by atoms with Gasteiger partial charge in [-0.15, -0.1) is 0 Å². The Morgan fingerprint density at radius 3 is 3.11 bits per heavy atom. The number of halogens is 2. The van der Waals surface area contributed by atoms with Crippen molar-refractivity contribution in [3.63, 3.8) is 0 Å². The van der Waals surface area contributed by atoms with Crippen LogP contribution in [-0.2, 0) is 20.8 Å². The summed E-state index contributed by atoms with van der Waals surface area (Å²) in [7, 11) is 1.39. The van der Waals surface area contributed by atoms with Crippen molar-refractivity contribution in [3.8, 4) is 0 Å². The number of carbonyl (C=O) groups excluding carboxylic acids is 1. The van der Waals surface area contributed by atoms with Gasteiger partial charge in [0.2, 0.25) is 0 Å². The van der Waals surface area contributed by atoms with Crippen molar-refractivity contribution in [2.24, 2.45) is 0 Å². The zero-order valence-electron chi connectivity index (χ0n) is 10.6. The van der Waals surface area contributed by atoms with Crippen molar-refractivity contribution in [1.29, 1.82) is 0 Å². The van der Waals surface area contributed by atoms with Crippen LogP contribution in [0.2, 0.25) is 5.02 Å². The molecule has 6 heteroatoms. The van der Waals surface area contributed by atoms with E-state index in [9.17, 15) is 4.79 Å². The van der Waals surface area contributed by atoms with Crippen LogP contribution in [0.25, 0.3) is 0 Å². The molecule has 1 atom stereocenters. The molecule has 1 unspecified atom stereocenters. The summed E-state index contributed by atoms with van der Waals surface area (Å²) in [6, 6.07) is 5.38. The summed E-state index contributed by atoms with van der Waals surface area (Å²) in [6.45, 7) is 2.27. The molecule has 1 saturated heterocycles. The monoisotopic (exact) mass is 347 g/mol. The molecule has 0 spiro atoms. The van der Waals surface area contributed by atoms with Crippen LogP contribution >= 0.6 is 27.5 Å². The summed E-state index contributed by atoms with van der Waals surface area (Å²) in [5, 5.41) is 0.685. The quantitative estimate of drug-likeness (QED) is 0.787. The maximum atomic E-state index is 11.7. The van der Waals surface area contributed by atoms with Crippen LogP contribution in [0.3, 0.4) is 0 Å². The first-order valence-corrected chi connectivity index (χ1v) is 7.12. The van der Waals surface area contributed by atoms with Crippen molar-refractivity contribution in [2.45, 2.75) is 12.6 Å². The van der Waals surface area contributed by atoms with Gasteiger partial charge in [0.1, 0.15) is 6.04 Å². The number of morpholine rings is 1. The van der Waals surface area contributed by atoms with Gasteiger partial charge in [0.05, 0.1) is 20.3 Å². The van der Waals surface area contributed by atoms with Gasteiger partial charge < -0.3 is 9.47 Å². The lowest BCUT2D eigenvalue weighted by Gasteiger charge is -2.33. The minimum Gasteiger partial charge on any atom is -0.468 e. The number of esters is 1. The number of nitrogens with zero attached hydrogens (tertiary/aromatic N) is 1. The molecule has 4 nitrogen and oxygen atoms in total. The molecule has 1 heterocycles. The maximum absolute atomic E-state index is 11.7. The van der Waals surface area contributed by atoms with Crippen molar-refractivity contribution >= 4 is 33.5 Å². The van der Waals surface area contributed by atoms with E-state index >= 15 is 0 Å². The molecule has 1 aliphatic rings. The lowest BCUT2D eigenvalue weighted by molar-refractivity contribution is -0.153. The van der Waals surface area contributed by atoms with E-state index in [0.29, 0.717) is 31.3 Å². The number of methoxy groups -OCH3 is 1. The third kappa shape index (κ3) is 3.69. The van der Waals surface area contributed by atoms with E-state index in [1.807, 2.05) is 23.1 Å². The van der Waals surface area contributed by atoms with Gasteiger partial charge in [0, 0.05) is 22.6 Å². The fourth-order valence-electron chi connectivity index (χ4n) is 2.05. The third-order valence-electron chi connectivity index (χ3n) is 3.10. The minimum absolute atomic E-state index is 0.270. The summed E-state index contributed by atoms with van der Waals surface area (Å²) in [5.74, 6) is -0.270. The summed E-state index contributed by atoms with van der Waals surface area (Å²) >= 11 is 9.58. The van der Waals surface area contributed by atoms with Gasteiger partial charge in [-0.2, -0.15) is 0 Å². The normalized spacial score (nSPS) is 20.3. The molecule has 1 aromatic carbocycles. The van der Waals surface area contributed by atoms with Crippen LogP contribution in [0.4, 0.5) is 0 Å². The number of hydrogen-bond donors (Lipinski definition) is 0. The highest BCUT2D eigenvalue weighted by molar-refractivity contribution is 9.10. The zero-order valence-corrected chi connectivity index (χ0v) is 12.9. The van der Waals surface area contributed by atoms with Gasteiger partial charge >= 0.3 is 5.97 Å². The van der Waals surface area contributed by atoms with Gasteiger partial charge in [-0.05, 0) is 17.7 Å². The van der Waals surface area contributed by atoms with Crippen LogP contribution in [0.15, 0.2) is 22.7 Å². The smallest absolute Gasteiger partial charge is 0.325 e. The summed E-state index contributed by atoms with van der Waals surface area (Å²) in [5.41, 5.74) is 0.987. The number of rotatable bonds is 3. The van der Waals surface area contributed by atoms with Crippen molar-refractivity contribution in [2.75, 3.05) is 26.9 Å². The Labute approximate surface area is 125 Å². The molecule has 1 aliphatic heterocycles. The maximum Gasteiger partial charge on any atom is 0.325 e.